The van der Waals surface area contributed by atoms with Crippen LogP contribution in [0.15, 0.2) is 65.5 Å². The number of nitrogens with one attached hydrogen (secondary N) is 2. The van der Waals surface area contributed by atoms with Gasteiger partial charge in [-0.1, -0.05) is 69.4 Å². The van der Waals surface area contributed by atoms with Crippen molar-refractivity contribution < 1.29 is 0 Å². The van der Waals surface area contributed by atoms with Gasteiger partial charge in [0.2, 0.25) is 0 Å². The van der Waals surface area contributed by atoms with Crippen molar-refractivity contribution in [3.05, 3.63) is 88.1 Å². The lowest BCUT2D eigenvalue weighted by molar-refractivity contribution is 0.871. The predicted molar refractivity (Wildman–Crippen MR) is 126 cm³/mol. The SMILES string of the molecule is C=C(C)/C=C\C=C(/C)c1nc2nc(CNc3ccccc3CC)cc(=O)n2[nH]1.CC. The van der Waals surface area contributed by atoms with Gasteiger partial charge in [-0.05, 0) is 37.5 Å². The first-order valence-electron chi connectivity index (χ1n) is 10.3. The largest absolute Gasteiger partial charge is 0.379 e. The van der Waals surface area contributed by atoms with Gasteiger partial charge in [-0.3, -0.25) is 9.89 Å². The molecule has 0 aliphatic rings. The van der Waals surface area contributed by atoms with Gasteiger partial charge in [0.1, 0.15) is 0 Å². The first-order chi connectivity index (χ1) is 14.5. The van der Waals surface area contributed by atoms with Crippen LogP contribution in [0.1, 0.15) is 51.7 Å². The highest BCUT2D eigenvalue weighted by atomic mass is 16.1. The Kier molecular flexibility index (Phi) is 8.35. The zero-order valence-corrected chi connectivity index (χ0v) is 18.5. The summed E-state index contributed by atoms with van der Waals surface area (Å²) < 4.78 is 1.36. The molecule has 30 heavy (non-hydrogen) atoms. The molecule has 3 rings (SSSR count). The van der Waals surface area contributed by atoms with Crippen LogP contribution < -0.4 is 10.9 Å². The number of aromatic amines is 1. The first-order valence-corrected chi connectivity index (χ1v) is 10.3. The van der Waals surface area contributed by atoms with Gasteiger partial charge in [-0.25, -0.2) is 4.98 Å². The van der Waals surface area contributed by atoms with Crippen LogP contribution in [0.2, 0.25) is 0 Å². The molecular formula is C24H31N5O. The molecule has 2 aromatic heterocycles. The van der Waals surface area contributed by atoms with E-state index in [4.69, 9.17) is 0 Å². The summed E-state index contributed by atoms with van der Waals surface area (Å²) in [5.74, 6) is 0.970. The molecule has 0 unspecified atom stereocenters. The fourth-order valence-electron chi connectivity index (χ4n) is 2.82. The second-order valence-electron chi connectivity index (χ2n) is 6.71. The number of rotatable bonds is 7. The number of aryl methyl sites for hydroxylation is 1. The van der Waals surface area contributed by atoms with Crippen LogP contribution in [0.3, 0.4) is 0 Å². The molecule has 2 N–H and O–H groups in total. The molecule has 0 amide bonds. The monoisotopic (exact) mass is 405 g/mol. The molecule has 0 saturated carbocycles. The fourth-order valence-corrected chi connectivity index (χ4v) is 2.82. The van der Waals surface area contributed by atoms with Crippen LogP contribution in [-0.2, 0) is 13.0 Å². The van der Waals surface area contributed by atoms with E-state index >= 15 is 0 Å². The van der Waals surface area contributed by atoms with E-state index in [0.29, 0.717) is 23.8 Å². The summed E-state index contributed by atoms with van der Waals surface area (Å²) in [6, 6.07) is 9.66. The first kappa shape index (κ1) is 22.9. The second kappa shape index (κ2) is 11.0. The Hall–Kier alpha value is -3.41. The Morgan fingerprint density at radius 2 is 1.97 bits per heavy atom. The molecule has 1 aromatic carbocycles. The molecule has 0 radical (unpaired) electrons. The Bertz CT molecular complexity index is 1120. The van der Waals surface area contributed by atoms with E-state index in [1.165, 1.54) is 16.1 Å². The molecule has 0 spiro atoms. The van der Waals surface area contributed by atoms with Crippen molar-refractivity contribution in [3.63, 3.8) is 0 Å². The van der Waals surface area contributed by atoms with E-state index in [1.54, 1.807) is 0 Å². The van der Waals surface area contributed by atoms with Crippen LogP contribution >= 0.6 is 0 Å². The maximum absolute atomic E-state index is 12.5. The lowest BCUT2D eigenvalue weighted by Crippen LogP contribution is -2.17. The number of allylic oxidation sites excluding steroid dienone is 5. The number of para-hydroxylation sites is 1. The molecule has 0 atom stereocenters. The van der Waals surface area contributed by atoms with E-state index in [-0.39, 0.29) is 5.56 Å². The van der Waals surface area contributed by atoms with E-state index in [0.717, 1.165) is 23.3 Å². The average Bonchev–Trinajstić information content (AvgIpc) is 3.18. The molecular weight excluding hydrogens is 374 g/mol. The predicted octanol–water partition coefficient (Wildman–Crippen LogP) is 5.15. The van der Waals surface area contributed by atoms with E-state index < -0.39 is 0 Å². The minimum Gasteiger partial charge on any atom is -0.379 e. The molecule has 6 heteroatoms. The summed E-state index contributed by atoms with van der Waals surface area (Å²) in [6.45, 7) is 14.3. The van der Waals surface area contributed by atoms with E-state index in [2.05, 4.69) is 40.0 Å². The van der Waals surface area contributed by atoms with Crippen molar-refractivity contribution in [2.45, 2.75) is 47.6 Å². The van der Waals surface area contributed by atoms with Gasteiger partial charge in [0.05, 0.1) is 12.2 Å². The summed E-state index contributed by atoms with van der Waals surface area (Å²) >= 11 is 0. The summed E-state index contributed by atoms with van der Waals surface area (Å²) in [5.41, 5.74) is 4.61. The Morgan fingerprint density at radius 3 is 2.67 bits per heavy atom. The number of hydrogen-bond acceptors (Lipinski definition) is 4. The van der Waals surface area contributed by atoms with Crippen molar-refractivity contribution in [1.82, 2.24) is 19.6 Å². The Labute approximate surface area is 178 Å². The zero-order chi connectivity index (χ0) is 22.1. The van der Waals surface area contributed by atoms with Crippen molar-refractivity contribution in [2.24, 2.45) is 0 Å². The standard InChI is InChI=1S/C22H25N5O.C2H6/c1-5-17-11-6-7-12-19(17)23-14-18-13-20(28)27-22(24-18)25-21(26-27)16(4)10-8-9-15(2)3;1-2/h6-13,23H,2,5,14H2,1,3-4H3,(H,24,25,26);1-2H3/b9-8-,16-10+;. The second-order valence-corrected chi connectivity index (χ2v) is 6.71. The summed E-state index contributed by atoms with van der Waals surface area (Å²) in [7, 11) is 0. The van der Waals surface area contributed by atoms with Crippen molar-refractivity contribution in [3.8, 4) is 0 Å². The van der Waals surface area contributed by atoms with E-state index in [9.17, 15) is 4.79 Å². The van der Waals surface area contributed by atoms with Gasteiger partial charge < -0.3 is 5.32 Å². The number of benzene rings is 1. The molecule has 0 saturated heterocycles. The summed E-state index contributed by atoms with van der Waals surface area (Å²) in [5, 5.41) is 6.37. The Morgan fingerprint density at radius 1 is 1.23 bits per heavy atom. The quantitative estimate of drug-likeness (QED) is 0.533. The molecule has 3 aromatic rings. The lowest BCUT2D eigenvalue weighted by atomic mass is 10.1. The van der Waals surface area contributed by atoms with Crippen LogP contribution in [0.25, 0.3) is 11.4 Å². The highest BCUT2D eigenvalue weighted by Crippen LogP contribution is 2.16. The lowest BCUT2D eigenvalue weighted by Gasteiger charge is -2.10. The molecule has 0 fully saturated rings. The van der Waals surface area contributed by atoms with Crippen LogP contribution in [0.5, 0.6) is 0 Å². The van der Waals surface area contributed by atoms with Gasteiger partial charge in [-0.2, -0.15) is 9.50 Å². The minimum absolute atomic E-state index is 0.186. The smallest absolute Gasteiger partial charge is 0.274 e. The highest BCUT2D eigenvalue weighted by Gasteiger charge is 2.09. The average molecular weight is 406 g/mol. The van der Waals surface area contributed by atoms with Gasteiger partial charge in [-0.15, -0.1) is 0 Å². The topological polar surface area (TPSA) is 75.1 Å². The molecule has 0 aliphatic carbocycles. The molecule has 0 bridgehead atoms. The normalized spacial score (nSPS) is 11.4. The minimum atomic E-state index is -0.186. The number of hydrogen-bond donors (Lipinski definition) is 2. The van der Waals surface area contributed by atoms with Gasteiger partial charge in [0.25, 0.3) is 11.3 Å². The summed E-state index contributed by atoms with van der Waals surface area (Å²) in [6.07, 6.45) is 6.67. The van der Waals surface area contributed by atoms with Crippen molar-refractivity contribution in [1.29, 1.82) is 0 Å². The number of H-pyrrole nitrogens is 1. The van der Waals surface area contributed by atoms with E-state index in [1.807, 2.05) is 64.1 Å². The molecule has 0 aliphatic heterocycles. The maximum Gasteiger partial charge on any atom is 0.274 e. The third kappa shape index (κ3) is 5.80. The summed E-state index contributed by atoms with van der Waals surface area (Å²) in [4.78, 5) is 21.4. The van der Waals surface area contributed by atoms with Crippen molar-refractivity contribution in [2.75, 3.05) is 5.32 Å². The van der Waals surface area contributed by atoms with Crippen LogP contribution in [0.4, 0.5) is 5.69 Å². The number of nitrogens with zero attached hydrogens (tertiary/aromatic N) is 3. The van der Waals surface area contributed by atoms with Gasteiger partial charge in [0, 0.05) is 11.8 Å². The number of fused-ring (bicyclic) bond motifs is 1. The number of anilines is 1. The van der Waals surface area contributed by atoms with Crippen LogP contribution in [-0.4, -0.2) is 19.6 Å². The third-order valence-corrected chi connectivity index (χ3v) is 4.34. The maximum atomic E-state index is 12.5. The van der Waals surface area contributed by atoms with Gasteiger partial charge in [0.15, 0.2) is 5.82 Å². The third-order valence-electron chi connectivity index (χ3n) is 4.34. The fraction of sp³-hybridized carbons (Fsp3) is 0.292. The zero-order valence-electron chi connectivity index (χ0n) is 18.5. The molecule has 158 valence electrons. The van der Waals surface area contributed by atoms with Gasteiger partial charge >= 0.3 is 0 Å². The number of aromatic nitrogens is 4. The molecule has 6 nitrogen and oxygen atoms in total. The highest BCUT2D eigenvalue weighted by molar-refractivity contribution is 5.60. The van der Waals surface area contributed by atoms with Crippen molar-refractivity contribution >= 4 is 17.0 Å². The molecule has 2 heterocycles. The van der Waals surface area contributed by atoms with Crippen LogP contribution in [0, 0.1) is 0 Å². The Balaban J connectivity index is 0.00000155.